The highest BCUT2D eigenvalue weighted by Crippen LogP contribution is 2.35. The molecule has 168 valence electrons. The van der Waals surface area contributed by atoms with Crippen molar-refractivity contribution in [2.24, 2.45) is 0 Å². The Hall–Kier alpha value is -2.40. The Balaban J connectivity index is 1.69. The number of hydrogen-bond acceptors (Lipinski definition) is 9. The fraction of sp³-hybridized carbons (Fsp3) is 0.550. The Labute approximate surface area is 189 Å². The van der Waals surface area contributed by atoms with Gasteiger partial charge in [-0.3, -0.25) is 9.59 Å². The average Bonchev–Trinajstić information content (AvgIpc) is 3.27. The number of carbonyl (C=O) groups is 3. The molecule has 0 spiro atoms. The van der Waals surface area contributed by atoms with Gasteiger partial charge >= 0.3 is 5.97 Å². The first-order valence-electron chi connectivity index (χ1n) is 10.3. The molecule has 0 unspecified atom stereocenters. The second kappa shape index (κ2) is 10.3. The number of nitrogens with one attached hydrogen (secondary N) is 1. The highest BCUT2D eigenvalue weighted by atomic mass is 32.2. The Morgan fingerprint density at radius 2 is 1.97 bits per heavy atom. The first-order chi connectivity index (χ1) is 14.8. The van der Waals surface area contributed by atoms with Crippen LogP contribution in [-0.4, -0.2) is 44.9 Å². The molecule has 11 heteroatoms. The number of rotatable bonds is 8. The Morgan fingerprint density at radius 3 is 2.61 bits per heavy atom. The van der Waals surface area contributed by atoms with Crippen molar-refractivity contribution in [3.63, 3.8) is 0 Å². The van der Waals surface area contributed by atoms with E-state index in [2.05, 4.69) is 15.5 Å². The lowest BCUT2D eigenvalue weighted by Crippen LogP contribution is -2.20. The minimum Gasteiger partial charge on any atom is -0.462 e. The van der Waals surface area contributed by atoms with Crippen LogP contribution in [0.2, 0.25) is 0 Å². The fourth-order valence-electron chi connectivity index (χ4n) is 3.71. The van der Waals surface area contributed by atoms with E-state index in [0.29, 0.717) is 26.5 Å². The van der Waals surface area contributed by atoms with Crippen molar-refractivity contribution in [1.82, 2.24) is 14.9 Å². The van der Waals surface area contributed by atoms with Gasteiger partial charge in [-0.25, -0.2) is 9.47 Å². The molecule has 9 nitrogen and oxygen atoms in total. The van der Waals surface area contributed by atoms with Gasteiger partial charge < -0.3 is 15.9 Å². The van der Waals surface area contributed by atoms with Crippen molar-refractivity contribution >= 4 is 45.8 Å². The van der Waals surface area contributed by atoms with E-state index in [-0.39, 0.29) is 29.6 Å². The zero-order chi connectivity index (χ0) is 22.5. The van der Waals surface area contributed by atoms with Gasteiger partial charge in [-0.1, -0.05) is 31.0 Å². The molecule has 1 aliphatic carbocycles. The summed E-state index contributed by atoms with van der Waals surface area (Å²) < 4.78 is 6.56. The van der Waals surface area contributed by atoms with E-state index < -0.39 is 5.97 Å². The number of carbonyl (C=O) groups excluding carboxylic acids is 3. The summed E-state index contributed by atoms with van der Waals surface area (Å²) in [7, 11) is 0. The molecule has 2 heterocycles. The number of thiophene rings is 1. The smallest absolute Gasteiger partial charge is 0.341 e. The van der Waals surface area contributed by atoms with Crippen LogP contribution in [0.3, 0.4) is 0 Å². The number of esters is 1. The molecule has 1 amide bonds. The highest BCUT2D eigenvalue weighted by Gasteiger charge is 2.26. The van der Waals surface area contributed by atoms with Crippen LogP contribution in [0.1, 0.15) is 83.3 Å². The number of ether oxygens (including phenoxy) is 1. The van der Waals surface area contributed by atoms with Crippen molar-refractivity contribution < 1.29 is 19.1 Å². The van der Waals surface area contributed by atoms with Gasteiger partial charge in [0.05, 0.1) is 22.8 Å². The Kier molecular flexibility index (Phi) is 7.71. The monoisotopic (exact) mass is 465 g/mol. The number of ketones is 1. The Bertz CT molecular complexity index is 979. The molecule has 0 bridgehead atoms. The topological polar surface area (TPSA) is 129 Å². The second-order valence-corrected chi connectivity index (χ2v) is 9.38. The quantitative estimate of drug-likeness (QED) is 0.262. The van der Waals surface area contributed by atoms with E-state index in [1.54, 1.807) is 13.8 Å². The number of nitrogens with zero attached hydrogens (tertiary/aromatic N) is 3. The molecular weight excluding hydrogens is 438 g/mol. The van der Waals surface area contributed by atoms with Gasteiger partial charge in [0, 0.05) is 5.92 Å². The fourth-order valence-corrected chi connectivity index (χ4v) is 5.48. The predicted molar refractivity (Wildman–Crippen MR) is 120 cm³/mol. The molecule has 0 atom stereocenters. The maximum Gasteiger partial charge on any atom is 0.341 e. The van der Waals surface area contributed by atoms with Crippen LogP contribution in [0.25, 0.3) is 0 Å². The number of anilines is 1. The van der Waals surface area contributed by atoms with Gasteiger partial charge in [-0.15, -0.1) is 21.5 Å². The molecule has 3 N–H and O–H groups in total. The zero-order valence-corrected chi connectivity index (χ0v) is 19.5. The third kappa shape index (κ3) is 5.27. The van der Waals surface area contributed by atoms with Gasteiger partial charge in [0.1, 0.15) is 5.00 Å². The first kappa shape index (κ1) is 23.3. The zero-order valence-electron chi connectivity index (χ0n) is 17.9. The van der Waals surface area contributed by atoms with Crippen LogP contribution >= 0.6 is 23.1 Å². The van der Waals surface area contributed by atoms with E-state index in [9.17, 15) is 14.4 Å². The lowest BCUT2D eigenvalue weighted by Gasteiger charge is -2.20. The molecule has 31 heavy (non-hydrogen) atoms. The highest BCUT2D eigenvalue weighted by molar-refractivity contribution is 7.99. The third-order valence-corrected chi connectivity index (χ3v) is 7.44. The largest absolute Gasteiger partial charge is 0.462 e. The number of hydrogen-bond donors (Lipinski definition) is 2. The van der Waals surface area contributed by atoms with Crippen LogP contribution in [0.5, 0.6) is 0 Å². The molecule has 2 aromatic heterocycles. The van der Waals surface area contributed by atoms with E-state index in [1.807, 2.05) is 0 Å². The number of nitrogen functional groups attached to an aromatic ring is 1. The van der Waals surface area contributed by atoms with Gasteiger partial charge in [-0.2, -0.15) is 0 Å². The molecule has 0 saturated heterocycles. The molecular formula is C20H27N5O4S2. The molecule has 0 aromatic carbocycles. The maximum atomic E-state index is 12.6. The average molecular weight is 466 g/mol. The molecule has 1 fully saturated rings. The van der Waals surface area contributed by atoms with Gasteiger partial charge in [0.25, 0.3) is 0 Å². The number of thioether (sulfide) groups is 1. The summed E-state index contributed by atoms with van der Waals surface area (Å²) in [6.45, 7) is 4.99. The number of nitrogens with two attached hydrogens (primary N) is 1. The third-order valence-electron chi connectivity index (χ3n) is 5.19. The standard InChI is InChI=1S/C20H27N5O4S2/c1-4-29-19(28)15-11(2)16(12(3)26)31-18(15)22-14(27)10-30-20-24-23-17(25(20)21)13-8-6-5-7-9-13/h13H,4-10,21H2,1-3H3,(H,22,27). The Morgan fingerprint density at radius 1 is 1.26 bits per heavy atom. The van der Waals surface area contributed by atoms with Gasteiger partial charge in [0.15, 0.2) is 11.6 Å². The SMILES string of the molecule is CCOC(=O)c1c(NC(=O)CSc2nnc(C3CCCCC3)n2N)sc(C(C)=O)c1C. The van der Waals surface area contributed by atoms with Crippen molar-refractivity contribution in [3.05, 3.63) is 21.8 Å². The summed E-state index contributed by atoms with van der Waals surface area (Å²) in [6.07, 6.45) is 5.65. The molecule has 0 aliphatic heterocycles. The molecule has 2 aromatic rings. The number of aromatic nitrogens is 3. The summed E-state index contributed by atoms with van der Waals surface area (Å²) in [6, 6.07) is 0. The normalized spacial score (nSPS) is 14.4. The summed E-state index contributed by atoms with van der Waals surface area (Å²) in [5.41, 5.74) is 0.731. The van der Waals surface area contributed by atoms with Crippen LogP contribution in [-0.2, 0) is 9.53 Å². The summed E-state index contributed by atoms with van der Waals surface area (Å²) in [5, 5.41) is 11.9. The molecule has 3 rings (SSSR count). The van der Waals surface area contributed by atoms with E-state index in [0.717, 1.165) is 42.8 Å². The van der Waals surface area contributed by atoms with E-state index in [1.165, 1.54) is 29.8 Å². The van der Waals surface area contributed by atoms with E-state index in [4.69, 9.17) is 10.6 Å². The van der Waals surface area contributed by atoms with Crippen LogP contribution in [0.4, 0.5) is 5.00 Å². The van der Waals surface area contributed by atoms with Gasteiger partial charge in [0.2, 0.25) is 11.1 Å². The molecule has 0 radical (unpaired) electrons. The minimum atomic E-state index is -0.564. The predicted octanol–water partition coefficient (Wildman–Crippen LogP) is 3.52. The number of amides is 1. The van der Waals surface area contributed by atoms with Crippen molar-refractivity contribution in [2.75, 3.05) is 23.5 Å². The van der Waals surface area contributed by atoms with E-state index >= 15 is 0 Å². The number of Topliss-reactive ketones (excluding diaryl/α,β-unsaturated/α-hetero) is 1. The van der Waals surface area contributed by atoms with Crippen LogP contribution in [0, 0.1) is 6.92 Å². The maximum absolute atomic E-state index is 12.6. The van der Waals surface area contributed by atoms with Crippen LogP contribution < -0.4 is 11.2 Å². The molecule has 1 aliphatic rings. The van der Waals surface area contributed by atoms with Crippen LogP contribution in [0.15, 0.2) is 5.16 Å². The van der Waals surface area contributed by atoms with Gasteiger partial charge in [-0.05, 0) is 39.2 Å². The lowest BCUT2D eigenvalue weighted by atomic mass is 9.89. The second-order valence-electron chi connectivity index (χ2n) is 7.42. The summed E-state index contributed by atoms with van der Waals surface area (Å²) in [5.74, 6) is 6.19. The van der Waals surface area contributed by atoms with Crippen molar-refractivity contribution in [2.45, 2.75) is 63.9 Å². The lowest BCUT2D eigenvalue weighted by molar-refractivity contribution is -0.113. The summed E-state index contributed by atoms with van der Waals surface area (Å²) in [4.78, 5) is 37.2. The van der Waals surface area contributed by atoms with Crippen molar-refractivity contribution in [1.29, 1.82) is 0 Å². The first-order valence-corrected chi connectivity index (χ1v) is 12.1. The summed E-state index contributed by atoms with van der Waals surface area (Å²) >= 11 is 2.25. The van der Waals surface area contributed by atoms with Crippen molar-refractivity contribution in [3.8, 4) is 0 Å². The minimum absolute atomic E-state index is 0.0363. The molecule has 1 saturated carbocycles.